The molecule has 1 N–H and O–H groups in total. The topological polar surface area (TPSA) is 83.6 Å². The molecule has 2 rings (SSSR count). The average Bonchev–Trinajstić information content (AvgIpc) is 2.79. The van der Waals surface area contributed by atoms with E-state index in [1.165, 1.54) is 7.05 Å². The molecule has 0 saturated heterocycles. The number of nitrogens with zero attached hydrogens (tertiary/aromatic N) is 1. The minimum Gasteiger partial charge on any atom is -0.357 e. The number of fused-ring (bicyclic) bond motifs is 1. The van der Waals surface area contributed by atoms with Gasteiger partial charge in [0.05, 0.1) is 11.1 Å². The van der Waals surface area contributed by atoms with E-state index < -0.39 is 23.8 Å². The Morgan fingerprint density at radius 1 is 1.25 bits per heavy atom. The summed E-state index contributed by atoms with van der Waals surface area (Å²) in [6.45, 7) is 5.89. The van der Waals surface area contributed by atoms with Crippen LogP contribution < -0.4 is 5.32 Å². The van der Waals surface area contributed by atoms with E-state index in [2.05, 4.69) is 5.32 Å². The first-order chi connectivity index (χ1) is 11.2. The highest BCUT2D eigenvalue weighted by atomic mass is 16.2. The van der Waals surface area contributed by atoms with E-state index in [1.807, 2.05) is 26.8 Å². The summed E-state index contributed by atoms with van der Waals surface area (Å²) in [6.07, 6.45) is 0.881. The third kappa shape index (κ3) is 2.96. The first-order valence-electron chi connectivity index (χ1n) is 7.90. The van der Waals surface area contributed by atoms with Gasteiger partial charge in [-0.05, 0) is 23.5 Å². The Balaban J connectivity index is 2.52. The van der Waals surface area contributed by atoms with Crippen LogP contribution in [0.4, 0.5) is 0 Å². The zero-order valence-corrected chi connectivity index (χ0v) is 14.4. The molecule has 0 spiro atoms. The van der Waals surface area contributed by atoms with E-state index in [9.17, 15) is 19.2 Å². The molecule has 1 unspecified atom stereocenters. The van der Waals surface area contributed by atoms with E-state index >= 15 is 0 Å². The van der Waals surface area contributed by atoms with Crippen LogP contribution in [0.25, 0.3) is 0 Å². The molecule has 6 nitrogen and oxygen atoms in total. The molecule has 1 aliphatic rings. The first-order valence-corrected chi connectivity index (χ1v) is 7.90. The number of benzene rings is 1. The Labute approximate surface area is 141 Å². The molecule has 24 heavy (non-hydrogen) atoms. The largest absolute Gasteiger partial charge is 0.357 e. The molecular formula is C18H22N2O4. The van der Waals surface area contributed by atoms with E-state index in [0.717, 1.165) is 10.5 Å². The smallest absolute Gasteiger partial charge is 0.262 e. The van der Waals surface area contributed by atoms with Gasteiger partial charge in [-0.2, -0.15) is 0 Å². The Morgan fingerprint density at radius 3 is 2.46 bits per heavy atom. The van der Waals surface area contributed by atoms with Crippen LogP contribution in [0.5, 0.6) is 0 Å². The molecule has 6 heteroatoms. The van der Waals surface area contributed by atoms with Crippen molar-refractivity contribution in [2.75, 3.05) is 7.05 Å². The molecule has 1 atom stereocenters. The second-order valence-electron chi connectivity index (χ2n) is 6.83. The van der Waals surface area contributed by atoms with Gasteiger partial charge >= 0.3 is 0 Å². The van der Waals surface area contributed by atoms with Gasteiger partial charge < -0.3 is 10.1 Å². The minimum atomic E-state index is -0.986. The van der Waals surface area contributed by atoms with Crippen LogP contribution in [-0.2, 0) is 15.0 Å². The van der Waals surface area contributed by atoms with Gasteiger partial charge in [0.25, 0.3) is 11.8 Å². The summed E-state index contributed by atoms with van der Waals surface area (Å²) in [5.74, 6) is -1.41. The standard InChI is InChI=1S/C18H22N2O4/c1-18(2,3)12-8-5-7-11-14(12)17(24)20(16(11)23)13(9-6-10-21)15(22)19-4/h5,7-8,10,13H,6,9H2,1-4H3,(H,19,22). The molecule has 0 aromatic heterocycles. The maximum atomic E-state index is 12.9. The third-order valence-electron chi connectivity index (χ3n) is 4.17. The van der Waals surface area contributed by atoms with Crippen molar-refractivity contribution in [1.82, 2.24) is 10.2 Å². The van der Waals surface area contributed by atoms with Crippen LogP contribution >= 0.6 is 0 Å². The van der Waals surface area contributed by atoms with Crippen molar-refractivity contribution in [2.24, 2.45) is 0 Å². The van der Waals surface area contributed by atoms with Crippen molar-refractivity contribution < 1.29 is 19.2 Å². The fourth-order valence-corrected chi connectivity index (χ4v) is 2.98. The zero-order valence-electron chi connectivity index (χ0n) is 14.4. The first kappa shape index (κ1) is 17.8. The number of hydrogen-bond acceptors (Lipinski definition) is 4. The average molecular weight is 330 g/mol. The fraction of sp³-hybridized carbons (Fsp3) is 0.444. The third-order valence-corrected chi connectivity index (χ3v) is 4.17. The molecular weight excluding hydrogens is 308 g/mol. The lowest BCUT2D eigenvalue weighted by atomic mass is 9.82. The second kappa shape index (κ2) is 6.55. The number of rotatable bonds is 5. The van der Waals surface area contributed by atoms with Crippen molar-refractivity contribution in [3.63, 3.8) is 0 Å². The summed E-state index contributed by atoms with van der Waals surface area (Å²) in [6, 6.07) is 4.19. The summed E-state index contributed by atoms with van der Waals surface area (Å²) in [4.78, 5) is 49.5. The van der Waals surface area contributed by atoms with Gasteiger partial charge in [-0.15, -0.1) is 0 Å². The maximum Gasteiger partial charge on any atom is 0.262 e. The molecule has 3 amide bonds. The van der Waals surface area contributed by atoms with E-state index in [-0.39, 0.29) is 18.3 Å². The molecule has 0 bridgehead atoms. The molecule has 1 aromatic rings. The van der Waals surface area contributed by atoms with Crippen molar-refractivity contribution in [3.05, 3.63) is 34.9 Å². The predicted molar refractivity (Wildman–Crippen MR) is 88.8 cm³/mol. The highest BCUT2D eigenvalue weighted by Crippen LogP contribution is 2.34. The van der Waals surface area contributed by atoms with E-state index in [4.69, 9.17) is 0 Å². The van der Waals surface area contributed by atoms with E-state index in [1.54, 1.807) is 12.1 Å². The summed E-state index contributed by atoms with van der Waals surface area (Å²) >= 11 is 0. The lowest BCUT2D eigenvalue weighted by molar-refractivity contribution is -0.124. The van der Waals surface area contributed by atoms with Gasteiger partial charge in [0.15, 0.2) is 0 Å². The monoisotopic (exact) mass is 330 g/mol. The molecule has 128 valence electrons. The Kier molecular flexibility index (Phi) is 4.87. The van der Waals surface area contributed by atoms with Gasteiger partial charge in [-0.3, -0.25) is 19.3 Å². The number of likely N-dealkylation sites (N-methyl/N-ethyl adjacent to an activating group) is 1. The van der Waals surface area contributed by atoms with Crippen LogP contribution in [0.3, 0.4) is 0 Å². The van der Waals surface area contributed by atoms with Crippen LogP contribution in [0.1, 0.15) is 59.9 Å². The normalized spacial score (nSPS) is 15.2. The number of aldehydes is 1. The second-order valence-corrected chi connectivity index (χ2v) is 6.83. The Morgan fingerprint density at radius 2 is 1.92 bits per heavy atom. The lowest BCUT2D eigenvalue weighted by Crippen LogP contribution is -2.48. The molecule has 0 saturated carbocycles. The summed E-state index contributed by atoms with van der Waals surface area (Å²) in [5, 5.41) is 2.46. The summed E-state index contributed by atoms with van der Waals surface area (Å²) < 4.78 is 0. The number of amides is 3. The van der Waals surface area contributed by atoms with Gasteiger partial charge in [0.2, 0.25) is 5.91 Å². The van der Waals surface area contributed by atoms with Crippen LogP contribution in [0, 0.1) is 0 Å². The van der Waals surface area contributed by atoms with Gasteiger partial charge in [0.1, 0.15) is 12.3 Å². The lowest BCUT2D eigenvalue weighted by Gasteiger charge is -2.25. The maximum absolute atomic E-state index is 12.9. The van der Waals surface area contributed by atoms with Crippen LogP contribution in [-0.4, -0.2) is 42.0 Å². The summed E-state index contributed by atoms with van der Waals surface area (Å²) in [7, 11) is 1.44. The van der Waals surface area contributed by atoms with Crippen molar-refractivity contribution in [1.29, 1.82) is 0 Å². The molecule has 0 fully saturated rings. The number of imide groups is 1. The van der Waals surface area contributed by atoms with Crippen molar-refractivity contribution in [2.45, 2.75) is 45.1 Å². The SMILES string of the molecule is CNC(=O)C(CCC=O)N1C(=O)c2cccc(C(C)(C)C)c2C1=O. The quantitative estimate of drug-likeness (QED) is 0.657. The number of carbonyl (C=O) groups excluding carboxylic acids is 4. The van der Waals surface area contributed by atoms with Gasteiger partial charge in [-0.25, -0.2) is 0 Å². The highest BCUT2D eigenvalue weighted by molar-refractivity contribution is 6.23. The van der Waals surface area contributed by atoms with Gasteiger partial charge in [-0.1, -0.05) is 32.9 Å². The van der Waals surface area contributed by atoms with Gasteiger partial charge in [0, 0.05) is 13.5 Å². The summed E-state index contributed by atoms with van der Waals surface area (Å²) in [5.41, 5.74) is 1.12. The van der Waals surface area contributed by atoms with Crippen LogP contribution in [0.15, 0.2) is 18.2 Å². The number of nitrogens with one attached hydrogen (secondary N) is 1. The fourth-order valence-electron chi connectivity index (χ4n) is 2.98. The Hall–Kier alpha value is -2.50. The Bertz CT molecular complexity index is 703. The number of hydrogen-bond donors (Lipinski definition) is 1. The predicted octanol–water partition coefficient (Wildman–Crippen LogP) is 1.67. The van der Waals surface area contributed by atoms with Crippen molar-refractivity contribution >= 4 is 24.0 Å². The van der Waals surface area contributed by atoms with Crippen molar-refractivity contribution in [3.8, 4) is 0 Å². The molecule has 1 aromatic carbocycles. The molecule has 1 aliphatic heterocycles. The van der Waals surface area contributed by atoms with Crippen LogP contribution in [0.2, 0.25) is 0 Å². The minimum absolute atomic E-state index is 0.0949. The number of carbonyl (C=O) groups is 4. The van der Waals surface area contributed by atoms with E-state index in [0.29, 0.717) is 17.4 Å². The highest BCUT2D eigenvalue weighted by Gasteiger charge is 2.44. The molecule has 0 aliphatic carbocycles. The molecule has 0 radical (unpaired) electrons. The zero-order chi connectivity index (χ0) is 18.1. The molecule has 1 heterocycles.